The Morgan fingerprint density at radius 1 is 1.26 bits per heavy atom. The molecule has 4 rings (SSSR count). The Kier molecular flexibility index (Phi) is 5.93. The van der Waals surface area contributed by atoms with E-state index < -0.39 is 11.9 Å². The standard InChI is InChI=1S/C25H31NO5/c1-15-21(24(28)31-14-16-8-7-11-30-16)22(17-9-5-6-10-20(17)29-4)23-18(26-15)12-25(2,3)13-19(23)27/h5-6,9-10,16,22,26H,7-8,11-14H2,1-4H3. The molecule has 6 heteroatoms. The number of Topliss-reactive ketones (excluding diaryl/α,β-unsaturated/α-hetero) is 1. The van der Waals surface area contributed by atoms with E-state index in [4.69, 9.17) is 14.2 Å². The van der Waals surface area contributed by atoms with Gasteiger partial charge in [-0.1, -0.05) is 32.0 Å². The molecule has 1 aromatic rings. The third-order valence-electron chi connectivity index (χ3n) is 6.33. The minimum Gasteiger partial charge on any atom is -0.496 e. The van der Waals surface area contributed by atoms with Crippen LogP contribution in [0.5, 0.6) is 5.75 Å². The van der Waals surface area contributed by atoms with Gasteiger partial charge in [-0.25, -0.2) is 4.79 Å². The molecule has 1 aliphatic carbocycles. The quantitative estimate of drug-likeness (QED) is 0.719. The predicted octanol–water partition coefficient (Wildman–Crippen LogP) is 4.02. The Balaban J connectivity index is 1.75. The van der Waals surface area contributed by atoms with Gasteiger partial charge in [0.25, 0.3) is 0 Å². The van der Waals surface area contributed by atoms with Crippen LogP contribution in [-0.2, 0) is 19.1 Å². The predicted molar refractivity (Wildman–Crippen MR) is 117 cm³/mol. The highest BCUT2D eigenvalue weighted by Crippen LogP contribution is 2.48. The van der Waals surface area contributed by atoms with Gasteiger partial charge in [-0.15, -0.1) is 0 Å². The van der Waals surface area contributed by atoms with E-state index in [0.29, 0.717) is 29.9 Å². The monoisotopic (exact) mass is 425 g/mol. The zero-order valence-corrected chi connectivity index (χ0v) is 18.7. The molecule has 0 aromatic heterocycles. The van der Waals surface area contributed by atoms with Crippen molar-refractivity contribution in [1.82, 2.24) is 5.32 Å². The second-order valence-corrected chi connectivity index (χ2v) is 9.41. The van der Waals surface area contributed by atoms with E-state index in [-0.39, 0.29) is 23.9 Å². The van der Waals surface area contributed by atoms with Crippen LogP contribution in [0.1, 0.15) is 57.9 Å². The number of ether oxygens (including phenoxy) is 3. The summed E-state index contributed by atoms with van der Waals surface area (Å²) < 4.78 is 16.9. The Labute approximate surface area is 183 Å². The first-order valence-corrected chi connectivity index (χ1v) is 11.0. The number of hydrogen-bond acceptors (Lipinski definition) is 6. The number of hydrogen-bond donors (Lipinski definition) is 1. The molecule has 1 N–H and O–H groups in total. The highest BCUT2D eigenvalue weighted by Gasteiger charge is 2.44. The van der Waals surface area contributed by atoms with Crippen molar-refractivity contribution in [2.45, 2.75) is 58.5 Å². The highest BCUT2D eigenvalue weighted by molar-refractivity contribution is 6.04. The van der Waals surface area contributed by atoms with E-state index in [1.807, 2.05) is 31.2 Å². The SMILES string of the molecule is COc1ccccc1C1C(C(=O)OCC2CCCO2)=C(C)NC2=C1C(=O)CC(C)(C)C2. The van der Waals surface area contributed by atoms with Crippen molar-refractivity contribution in [2.75, 3.05) is 20.3 Å². The summed E-state index contributed by atoms with van der Waals surface area (Å²) in [7, 11) is 1.60. The van der Waals surface area contributed by atoms with Crippen molar-refractivity contribution in [3.05, 3.63) is 52.4 Å². The number of methoxy groups -OCH3 is 1. The number of allylic oxidation sites excluding steroid dienone is 3. The molecule has 0 spiro atoms. The molecule has 0 saturated carbocycles. The average molecular weight is 426 g/mol. The van der Waals surface area contributed by atoms with Gasteiger partial charge in [0, 0.05) is 35.6 Å². The van der Waals surface area contributed by atoms with Gasteiger partial charge in [0.2, 0.25) is 0 Å². The zero-order chi connectivity index (χ0) is 22.2. The van der Waals surface area contributed by atoms with Gasteiger partial charge in [0.1, 0.15) is 12.4 Å². The van der Waals surface area contributed by atoms with E-state index in [1.54, 1.807) is 7.11 Å². The highest BCUT2D eigenvalue weighted by atomic mass is 16.6. The van der Waals surface area contributed by atoms with Crippen molar-refractivity contribution < 1.29 is 23.8 Å². The number of carbonyl (C=O) groups excluding carboxylic acids is 2. The van der Waals surface area contributed by atoms with E-state index in [0.717, 1.165) is 36.2 Å². The molecule has 3 aliphatic rings. The van der Waals surface area contributed by atoms with Crippen LogP contribution in [0.4, 0.5) is 0 Å². The van der Waals surface area contributed by atoms with Gasteiger partial charge in [0.15, 0.2) is 5.78 Å². The topological polar surface area (TPSA) is 73.9 Å². The molecular formula is C25H31NO5. The lowest BCUT2D eigenvalue weighted by Crippen LogP contribution is -2.39. The molecule has 1 aromatic carbocycles. The van der Waals surface area contributed by atoms with Gasteiger partial charge in [0.05, 0.1) is 24.7 Å². The lowest BCUT2D eigenvalue weighted by Gasteiger charge is -2.39. The van der Waals surface area contributed by atoms with E-state index >= 15 is 0 Å². The molecule has 31 heavy (non-hydrogen) atoms. The van der Waals surface area contributed by atoms with Crippen LogP contribution in [0, 0.1) is 5.41 Å². The Morgan fingerprint density at radius 3 is 2.74 bits per heavy atom. The number of dihydropyridines is 1. The molecule has 2 heterocycles. The molecule has 2 aliphatic heterocycles. The molecule has 2 atom stereocenters. The summed E-state index contributed by atoms with van der Waals surface area (Å²) in [4.78, 5) is 26.6. The van der Waals surface area contributed by atoms with E-state index in [9.17, 15) is 9.59 Å². The number of para-hydroxylation sites is 1. The van der Waals surface area contributed by atoms with E-state index in [2.05, 4.69) is 19.2 Å². The molecule has 1 fully saturated rings. The molecule has 1 saturated heterocycles. The van der Waals surface area contributed by atoms with Gasteiger partial charge in [-0.05, 0) is 37.7 Å². The number of rotatable bonds is 5. The van der Waals surface area contributed by atoms with Crippen molar-refractivity contribution in [1.29, 1.82) is 0 Å². The molecular weight excluding hydrogens is 394 g/mol. The summed E-state index contributed by atoms with van der Waals surface area (Å²) in [5, 5.41) is 3.37. The van der Waals surface area contributed by atoms with Crippen LogP contribution in [0.2, 0.25) is 0 Å². The third kappa shape index (κ3) is 4.26. The van der Waals surface area contributed by atoms with Gasteiger partial charge < -0.3 is 19.5 Å². The van der Waals surface area contributed by atoms with Crippen molar-refractivity contribution in [2.24, 2.45) is 5.41 Å². The normalized spacial score (nSPS) is 25.2. The number of benzene rings is 1. The van der Waals surface area contributed by atoms with Crippen LogP contribution < -0.4 is 10.1 Å². The number of carbonyl (C=O) groups is 2. The van der Waals surface area contributed by atoms with Crippen molar-refractivity contribution >= 4 is 11.8 Å². The minimum atomic E-state index is -0.520. The maximum atomic E-state index is 13.3. The van der Waals surface area contributed by atoms with Gasteiger partial charge >= 0.3 is 5.97 Å². The smallest absolute Gasteiger partial charge is 0.336 e. The van der Waals surface area contributed by atoms with Crippen LogP contribution in [0.25, 0.3) is 0 Å². The molecule has 0 bridgehead atoms. The first-order chi connectivity index (χ1) is 14.8. The second-order valence-electron chi connectivity index (χ2n) is 9.41. The van der Waals surface area contributed by atoms with Crippen LogP contribution in [0.15, 0.2) is 46.8 Å². The molecule has 0 radical (unpaired) electrons. The summed E-state index contributed by atoms with van der Waals surface area (Å²) in [5.41, 5.74) is 3.40. The van der Waals surface area contributed by atoms with Crippen molar-refractivity contribution in [3.8, 4) is 5.75 Å². The fraction of sp³-hybridized carbons (Fsp3) is 0.520. The van der Waals surface area contributed by atoms with Crippen LogP contribution in [-0.4, -0.2) is 38.2 Å². The fourth-order valence-corrected chi connectivity index (χ4v) is 4.94. The Morgan fingerprint density at radius 2 is 2.03 bits per heavy atom. The van der Waals surface area contributed by atoms with E-state index in [1.165, 1.54) is 0 Å². The first kappa shape index (κ1) is 21.6. The zero-order valence-electron chi connectivity index (χ0n) is 18.7. The molecule has 2 unspecified atom stereocenters. The number of esters is 1. The number of nitrogens with one attached hydrogen (secondary N) is 1. The molecule has 0 amide bonds. The summed E-state index contributed by atoms with van der Waals surface area (Å²) in [6.07, 6.45) is 3.00. The van der Waals surface area contributed by atoms with Crippen molar-refractivity contribution in [3.63, 3.8) is 0 Å². The summed E-state index contributed by atoms with van der Waals surface area (Å²) >= 11 is 0. The van der Waals surface area contributed by atoms with Crippen LogP contribution in [0.3, 0.4) is 0 Å². The Bertz CT molecular complexity index is 952. The average Bonchev–Trinajstić information content (AvgIpc) is 3.23. The Hall–Kier alpha value is -2.60. The maximum Gasteiger partial charge on any atom is 0.336 e. The minimum absolute atomic E-state index is 0.0574. The first-order valence-electron chi connectivity index (χ1n) is 11.0. The largest absolute Gasteiger partial charge is 0.496 e. The molecule has 166 valence electrons. The maximum absolute atomic E-state index is 13.3. The van der Waals surface area contributed by atoms with Crippen LogP contribution >= 0.6 is 0 Å². The molecule has 6 nitrogen and oxygen atoms in total. The lowest BCUT2D eigenvalue weighted by atomic mass is 9.68. The second kappa shape index (κ2) is 8.50. The lowest BCUT2D eigenvalue weighted by molar-refractivity contribution is -0.142. The summed E-state index contributed by atoms with van der Waals surface area (Å²) in [6.45, 7) is 7.00. The third-order valence-corrected chi connectivity index (χ3v) is 6.33. The summed E-state index contributed by atoms with van der Waals surface area (Å²) in [5.74, 6) is -0.226. The van der Waals surface area contributed by atoms with Gasteiger partial charge in [-0.3, -0.25) is 4.79 Å². The number of ketones is 1. The summed E-state index contributed by atoms with van der Waals surface area (Å²) in [6, 6.07) is 7.57. The van der Waals surface area contributed by atoms with Gasteiger partial charge in [-0.2, -0.15) is 0 Å². The fourth-order valence-electron chi connectivity index (χ4n) is 4.94.